The summed E-state index contributed by atoms with van der Waals surface area (Å²) >= 11 is 11.7. The van der Waals surface area contributed by atoms with Crippen molar-refractivity contribution < 1.29 is 8.42 Å². The fraction of sp³-hybridized carbons (Fsp3) is 0.0833. The van der Waals surface area contributed by atoms with Crippen LogP contribution < -0.4 is 10.5 Å². The van der Waals surface area contributed by atoms with Crippen molar-refractivity contribution in [3.63, 3.8) is 0 Å². The number of nitrogens with one attached hydrogen (secondary N) is 1. The molecule has 8 heteroatoms. The first kappa shape index (κ1) is 14.9. The van der Waals surface area contributed by atoms with Crippen LogP contribution in [-0.2, 0) is 10.0 Å². The molecule has 0 spiro atoms. The summed E-state index contributed by atoms with van der Waals surface area (Å²) in [5.74, 6) is 0.0483. The fourth-order valence-corrected chi connectivity index (χ4v) is 3.44. The summed E-state index contributed by atoms with van der Waals surface area (Å²) in [6.07, 6.45) is 1.43. The van der Waals surface area contributed by atoms with E-state index in [1.54, 1.807) is 13.0 Å². The molecule has 5 nitrogen and oxygen atoms in total. The molecule has 2 aromatic rings. The van der Waals surface area contributed by atoms with Crippen LogP contribution in [0.1, 0.15) is 5.56 Å². The minimum atomic E-state index is -3.87. The number of rotatable bonds is 3. The Balaban J connectivity index is 2.49. The number of sulfonamides is 1. The molecule has 1 aromatic carbocycles. The highest BCUT2D eigenvalue weighted by atomic mass is 35.5. The third-order valence-corrected chi connectivity index (χ3v) is 4.63. The van der Waals surface area contributed by atoms with Crippen molar-refractivity contribution in [1.82, 2.24) is 4.98 Å². The number of halogens is 2. The molecule has 3 N–H and O–H groups in total. The van der Waals surface area contributed by atoms with Gasteiger partial charge in [0, 0.05) is 16.9 Å². The second-order valence-electron chi connectivity index (χ2n) is 4.06. The van der Waals surface area contributed by atoms with E-state index in [9.17, 15) is 8.42 Å². The van der Waals surface area contributed by atoms with Crippen LogP contribution in [0.25, 0.3) is 0 Å². The van der Waals surface area contributed by atoms with Crippen molar-refractivity contribution >= 4 is 44.7 Å². The molecular weight excluding hydrogens is 321 g/mol. The number of aromatic nitrogens is 1. The smallest absolute Gasteiger partial charge is 0.263 e. The van der Waals surface area contributed by atoms with E-state index in [2.05, 4.69) is 9.71 Å². The summed E-state index contributed by atoms with van der Waals surface area (Å²) < 4.78 is 27.0. The van der Waals surface area contributed by atoms with E-state index >= 15 is 0 Å². The third kappa shape index (κ3) is 2.98. The second-order valence-corrected chi connectivity index (χ2v) is 6.55. The highest BCUT2D eigenvalue weighted by Gasteiger charge is 2.20. The van der Waals surface area contributed by atoms with Gasteiger partial charge in [-0.1, -0.05) is 23.2 Å². The molecule has 2 rings (SSSR count). The molecule has 0 aliphatic rings. The predicted molar refractivity (Wildman–Crippen MR) is 80.7 cm³/mol. The minimum Gasteiger partial charge on any atom is -0.398 e. The van der Waals surface area contributed by atoms with Crippen molar-refractivity contribution in [2.75, 3.05) is 10.5 Å². The number of hydrogen-bond acceptors (Lipinski definition) is 4. The van der Waals surface area contributed by atoms with E-state index in [4.69, 9.17) is 28.9 Å². The van der Waals surface area contributed by atoms with Gasteiger partial charge in [0.05, 0.1) is 9.92 Å². The largest absolute Gasteiger partial charge is 0.398 e. The lowest BCUT2D eigenvalue weighted by atomic mass is 10.2. The Bertz CT molecular complexity index is 763. The number of nitrogens with zero attached hydrogens (tertiary/aromatic N) is 1. The summed E-state index contributed by atoms with van der Waals surface area (Å²) in [7, 11) is -3.87. The first-order chi connectivity index (χ1) is 9.31. The molecule has 0 unspecified atom stereocenters. The summed E-state index contributed by atoms with van der Waals surface area (Å²) in [6, 6.07) is 5.95. The van der Waals surface area contributed by atoms with Crippen molar-refractivity contribution in [3.8, 4) is 0 Å². The molecular formula is C12H11Cl2N3O2S. The number of benzene rings is 1. The highest BCUT2D eigenvalue weighted by Crippen LogP contribution is 2.28. The van der Waals surface area contributed by atoms with Crippen molar-refractivity contribution in [3.05, 3.63) is 46.1 Å². The zero-order chi connectivity index (χ0) is 14.9. The third-order valence-electron chi connectivity index (χ3n) is 2.64. The molecule has 106 valence electrons. The van der Waals surface area contributed by atoms with Gasteiger partial charge in [0.1, 0.15) is 0 Å². The fourth-order valence-electron chi connectivity index (χ4n) is 1.60. The van der Waals surface area contributed by atoms with Crippen LogP contribution in [0.2, 0.25) is 10.0 Å². The molecule has 0 atom stereocenters. The SMILES string of the molecule is Cc1c(N)cc(Cl)cc1S(=O)(=O)Nc1ncccc1Cl. The van der Waals surface area contributed by atoms with E-state index in [-0.39, 0.29) is 20.8 Å². The lowest BCUT2D eigenvalue weighted by Crippen LogP contribution is -2.16. The summed E-state index contributed by atoms with van der Waals surface area (Å²) in [6.45, 7) is 1.60. The second kappa shape index (κ2) is 5.47. The number of pyridine rings is 1. The lowest BCUT2D eigenvalue weighted by molar-refractivity contribution is 0.600. The van der Waals surface area contributed by atoms with Crippen molar-refractivity contribution in [2.24, 2.45) is 0 Å². The maximum absolute atomic E-state index is 12.4. The van der Waals surface area contributed by atoms with Crippen LogP contribution in [0.3, 0.4) is 0 Å². The Morgan fingerprint density at radius 1 is 1.30 bits per heavy atom. The molecule has 0 fully saturated rings. The normalized spacial score (nSPS) is 11.3. The molecule has 0 saturated carbocycles. The van der Waals surface area contributed by atoms with Crippen LogP contribution in [0.5, 0.6) is 0 Å². The summed E-state index contributed by atoms with van der Waals surface area (Å²) in [5.41, 5.74) is 6.43. The molecule has 0 amide bonds. The minimum absolute atomic E-state index is 0.00998. The average molecular weight is 332 g/mol. The quantitative estimate of drug-likeness (QED) is 0.846. The standard InChI is InChI=1S/C12H11Cl2N3O2S/c1-7-10(15)5-8(13)6-11(7)20(18,19)17-12-9(14)3-2-4-16-12/h2-6H,15H2,1H3,(H,16,17). The molecule has 20 heavy (non-hydrogen) atoms. The Hall–Kier alpha value is -1.50. The average Bonchev–Trinajstić information content (AvgIpc) is 2.36. The maximum atomic E-state index is 12.4. The summed E-state index contributed by atoms with van der Waals surface area (Å²) in [4.78, 5) is 3.87. The van der Waals surface area contributed by atoms with E-state index in [0.717, 1.165) is 0 Å². The van der Waals surface area contributed by atoms with E-state index < -0.39 is 10.0 Å². The summed E-state index contributed by atoms with van der Waals surface area (Å²) in [5, 5.41) is 0.435. The maximum Gasteiger partial charge on any atom is 0.263 e. The molecule has 0 saturated heterocycles. The van der Waals surface area contributed by atoms with Gasteiger partial charge in [0.2, 0.25) is 0 Å². The van der Waals surface area contributed by atoms with Gasteiger partial charge >= 0.3 is 0 Å². The molecule has 0 bridgehead atoms. The van der Waals surface area contributed by atoms with Crippen LogP contribution in [0.15, 0.2) is 35.4 Å². The van der Waals surface area contributed by atoms with Crippen molar-refractivity contribution in [2.45, 2.75) is 11.8 Å². The Morgan fingerprint density at radius 2 is 2.00 bits per heavy atom. The molecule has 0 aliphatic heterocycles. The van der Waals surface area contributed by atoms with Gasteiger partial charge in [-0.2, -0.15) is 0 Å². The van der Waals surface area contributed by atoms with Gasteiger partial charge in [0.15, 0.2) is 5.82 Å². The number of nitrogen functional groups attached to an aromatic ring is 1. The first-order valence-electron chi connectivity index (χ1n) is 5.50. The first-order valence-corrected chi connectivity index (χ1v) is 7.74. The van der Waals surface area contributed by atoms with Gasteiger partial charge in [-0.15, -0.1) is 0 Å². The molecule has 0 aliphatic carbocycles. The topological polar surface area (TPSA) is 85.1 Å². The molecule has 1 aromatic heterocycles. The Morgan fingerprint density at radius 3 is 2.65 bits per heavy atom. The van der Waals surface area contributed by atoms with Gasteiger partial charge < -0.3 is 5.73 Å². The lowest BCUT2D eigenvalue weighted by Gasteiger charge is -2.12. The number of hydrogen-bond donors (Lipinski definition) is 2. The molecule has 0 radical (unpaired) electrons. The Kier molecular flexibility index (Phi) is 4.08. The van der Waals surface area contributed by atoms with Gasteiger partial charge in [-0.05, 0) is 36.8 Å². The Labute approximate surface area is 126 Å². The highest BCUT2D eigenvalue weighted by molar-refractivity contribution is 7.92. The van der Waals surface area contributed by atoms with E-state index in [1.165, 1.54) is 24.4 Å². The monoisotopic (exact) mass is 331 g/mol. The van der Waals surface area contributed by atoms with Gasteiger partial charge in [-0.3, -0.25) is 4.72 Å². The van der Waals surface area contributed by atoms with Crippen LogP contribution in [-0.4, -0.2) is 13.4 Å². The number of nitrogens with two attached hydrogens (primary N) is 1. The van der Waals surface area contributed by atoms with Crippen LogP contribution in [0, 0.1) is 6.92 Å². The predicted octanol–water partition coefficient (Wildman–Crippen LogP) is 3.08. The number of anilines is 2. The van der Waals surface area contributed by atoms with Gasteiger partial charge in [-0.25, -0.2) is 13.4 Å². The van der Waals surface area contributed by atoms with Crippen molar-refractivity contribution in [1.29, 1.82) is 0 Å². The van der Waals surface area contributed by atoms with Crippen LogP contribution >= 0.6 is 23.2 Å². The van der Waals surface area contributed by atoms with Gasteiger partial charge in [0.25, 0.3) is 10.0 Å². The molecule has 1 heterocycles. The zero-order valence-electron chi connectivity index (χ0n) is 10.4. The van der Waals surface area contributed by atoms with E-state index in [0.29, 0.717) is 11.3 Å². The zero-order valence-corrected chi connectivity index (χ0v) is 12.7. The van der Waals surface area contributed by atoms with Crippen LogP contribution in [0.4, 0.5) is 11.5 Å². The van der Waals surface area contributed by atoms with E-state index in [1.807, 2.05) is 0 Å².